The highest BCUT2D eigenvalue weighted by Gasteiger charge is 2.36. The number of carbonyl (C=O) groups excluding carboxylic acids is 3. The van der Waals surface area contributed by atoms with Crippen LogP contribution in [-0.4, -0.2) is 53.3 Å². The number of rotatable bonds is 6. The first-order chi connectivity index (χ1) is 17.1. The number of fused-ring (bicyclic) bond motifs is 1. The molecule has 3 amide bonds. The number of likely N-dealkylation sites (tertiary alicyclic amines) is 1. The Morgan fingerprint density at radius 3 is 2.54 bits per heavy atom. The lowest BCUT2D eigenvalue weighted by Gasteiger charge is -2.35. The van der Waals surface area contributed by atoms with E-state index in [4.69, 9.17) is 9.15 Å². The molecule has 3 heterocycles. The standard InChI is InChI=1S/C27H27N3O5/c31-25(29-12-3-4-13-29)18-35-22-10-5-9-21(16-22)28-26(32)23-15-19-7-1-2-8-20(19)17-30(23)27(33)24-11-6-14-34-24/h1-2,5-11,14,16,23H,3-4,12-13,15,17-18H2,(H,28,32). The van der Waals surface area contributed by atoms with Crippen LogP contribution < -0.4 is 10.1 Å². The van der Waals surface area contributed by atoms with Crippen molar-refractivity contribution in [3.8, 4) is 5.75 Å². The average Bonchev–Trinajstić information content (AvgIpc) is 3.61. The second kappa shape index (κ2) is 10.0. The van der Waals surface area contributed by atoms with Crippen LogP contribution in [0.3, 0.4) is 0 Å². The Balaban J connectivity index is 1.29. The van der Waals surface area contributed by atoms with Crippen molar-refractivity contribution in [1.82, 2.24) is 9.80 Å². The molecule has 2 aromatic carbocycles. The molecule has 1 atom stereocenters. The molecule has 0 saturated carbocycles. The average molecular weight is 474 g/mol. The third kappa shape index (κ3) is 5.06. The van der Waals surface area contributed by atoms with Gasteiger partial charge < -0.3 is 24.3 Å². The molecule has 1 fully saturated rings. The van der Waals surface area contributed by atoms with Crippen LogP contribution in [0.25, 0.3) is 0 Å². The van der Waals surface area contributed by atoms with Crippen LogP contribution in [0.15, 0.2) is 71.3 Å². The van der Waals surface area contributed by atoms with E-state index in [0.29, 0.717) is 24.4 Å². The number of carbonyl (C=O) groups is 3. The second-order valence-corrected chi connectivity index (χ2v) is 8.79. The third-order valence-corrected chi connectivity index (χ3v) is 6.47. The summed E-state index contributed by atoms with van der Waals surface area (Å²) in [6.07, 6.45) is 3.89. The van der Waals surface area contributed by atoms with Crippen molar-refractivity contribution in [2.75, 3.05) is 25.0 Å². The fourth-order valence-electron chi connectivity index (χ4n) is 4.60. The van der Waals surface area contributed by atoms with Gasteiger partial charge >= 0.3 is 0 Å². The van der Waals surface area contributed by atoms with Gasteiger partial charge in [-0.05, 0) is 48.2 Å². The molecule has 0 spiro atoms. The van der Waals surface area contributed by atoms with E-state index >= 15 is 0 Å². The summed E-state index contributed by atoms with van der Waals surface area (Å²) in [5.41, 5.74) is 2.58. The lowest BCUT2D eigenvalue weighted by molar-refractivity contribution is -0.132. The molecule has 2 aliphatic heterocycles. The van der Waals surface area contributed by atoms with Crippen molar-refractivity contribution in [3.05, 3.63) is 83.8 Å². The monoisotopic (exact) mass is 473 g/mol. The molecule has 8 nitrogen and oxygen atoms in total. The summed E-state index contributed by atoms with van der Waals surface area (Å²) in [4.78, 5) is 42.1. The van der Waals surface area contributed by atoms with Crippen LogP contribution in [0.4, 0.5) is 5.69 Å². The van der Waals surface area contributed by atoms with Gasteiger partial charge in [0.2, 0.25) is 5.91 Å². The van der Waals surface area contributed by atoms with Crippen LogP contribution in [0.5, 0.6) is 5.75 Å². The van der Waals surface area contributed by atoms with Crippen molar-refractivity contribution in [2.45, 2.75) is 31.8 Å². The number of furan rings is 1. The van der Waals surface area contributed by atoms with Crippen LogP contribution in [-0.2, 0) is 22.6 Å². The number of nitrogens with one attached hydrogen (secondary N) is 1. The van der Waals surface area contributed by atoms with Crippen LogP contribution in [0, 0.1) is 0 Å². The van der Waals surface area contributed by atoms with Crippen molar-refractivity contribution in [3.63, 3.8) is 0 Å². The number of nitrogens with zero attached hydrogens (tertiary/aromatic N) is 2. The molecule has 1 unspecified atom stereocenters. The first-order valence-electron chi connectivity index (χ1n) is 11.8. The number of hydrogen-bond donors (Lipinski definition) is 1. The molecule has 1 N–H and O–H groups in total. The molecule has 35 heavy (non-hydrogen) atoms. The summed E-state index contributed by atoms with van der Waals surface area (Å²) >= 11 is 0. The number of ether oxygens (including phenoxy) is 1. The maximum atomic E-state index is 13.4. The molecule has 0 bridgehead atoms. The van der Waals surface area contributed by atoms with Crippen LogP contribution in [0.2, 0.25) is 0 Å². The maximum Gasteiger partial charge on any atom is 0.290 e. The largest absolute Gasteiger partial charge is 0.484 e. The van der Waals surface area contributed by atoms with Crippen molar-refractivity contribution < 1.29 is 23.5 Å². The van der Waals surface area contributed by atoms with Gasteiger partial charge in [0.25, 0.3) is 11.8 Å². The Labute approximate surface area is 203 Å². The zero-order chi connectivity index (χ0) is 24.2. The predicted octanol–water partition coefficient (Wildman–Crippen LogP) is 3.49. The minimum absolute atomic E-state index is 0.0371. The minimum Gasteiger partial charge on any atom is -0.484 e. The highest BCUT2D eigenvalue weighted by molar-refractivity contribution is 6.00. The van der Waals surface area contributed by atoms with Gasteiger partial charge in [-0.2, -0.15) is 0 Å². The first kappa shape index (κ1) is 22.7. The highest BCUT2D eigenvalue weighted by Crippen LogP contribution is 2.27. The van der Waals surface area contributed by atoms with Crippen molar-refractivity contribution in [1.29, 1.82) is 0 Å². The van der Waals surface area contributed by atoms with Gasteiger partial charge in [0.15, 0.2) is 12.4 Å². The predicted molar refractivity (Wildman–Crippen MR) is 129 cm³/mol. The van der Waals surface area contributed by atoms with Gasteiger partial charge in [-0.15, -0.1) is 0 Å². The van der Waals surface area contributed by atoms with E-state index in [0.717, 1.165) is 37.1 Å². The molecule has 0 aliphatic carbocycles. The molecular weight excluding hydrogens is 446 g/mol. The molecule has 2 aliphatic rings. The quantitative estimate of drug-likeness (QED) is 0.592. The van der Waals surface area contributed by atoms with E-state index < -0.39 is 6.04 Å². The number of anilines is 1. The van der Waals surface area contributed by atoms with Crippen molar-refractivity contribution in [2.24, 2.45) is 0 Å². The lowest BCUT2D eigenvalue weighted by Crippen LogP contribution is -2.50. The SMILES string of the molecule is O=C(Nc1cccc(OCC(=O)N2CCCC2)c1)C1Cc2ccccc2CN1C(=O)c1ccco1. The summed E-state index contributed by atoms with van der Waals surface area (Å²) in [6, 6.07) is 17.3. The molecule has 5 rings (SSSR count). The fraction of sp³-hybridized carbons (Fsp3) is 0.296. The Bertz CT molecular complexity index is 1220. The van der Waals surface area contributed by atoms with E-state index in [1.165, 1.54) is 6.26 Å². The van der Waals surface area contributed by atoms with Crippen LogP contribution in [0.1, 0.15) is 34.5 Å². The Morgan fingerprint density at radius 2 is 1.77 bits per heavy atom. The highest BCUT2D eigenvalue weighted by atomic mass is 16.5. The maximum absolute atomic E-state index is 13.4. The second-order valence-electron chi connectivity index (χ2n) is 8.79. The molecule has 8 heteroatoms. The van der Waals surface area contributed by atoms with Gasteiger partial charge in [0.1, 0.15) is 11.8 Å². The van der Waals surface area contributed by atoms with E-state index in [9.17, 15) is 14.4 Å². The van der Waals surface area contributed by atoms with Gasteiger partial charge in [0, 0.05) is 37.8 Å². The van der Waals surface area contributed by atoms with Crippen LogP contribution >= 0.6 is 0 Å². The van der Waals surface area contributed by atoms with Gasteiger partial charge in [0.05, 0.1) is 6.26 Å². The summed E-state index contributed by atoms with van der Waals surface area (Å²) in [7, 11) is 0. The fourth-order valence-corrected chi connectivity index (χ4v) is 4.60. The topological polar surface area (TPSA) is 92.1 Å². The Morgan fingerprint density at radius 1 is 0.971 bits per heavy atom. The van der Waals surface area contributed by atoms with Gasteiger partial charge in [-0.3, -0.25) is 14.4 Å². The van der Waals surface area contributed by atoms with E-state index in [1.54, 1.807) is 46.2 Å². The van der Waals surface area contributed by atoms with Gasteiger partial charge in [-0.1, -0.05) is 30.3 Å². The zero-order valence-electron chi connectivity index (χ0n) is 19.3. The molecule has 180 valence electrons. The smallest absolute Gasteiger partial charge is 0.290 e. The van der Waals surface area contributed by atoms with E-state index in [-0.39, 0.29) is 30.1 Å². The van der Waals surface area contributed by atoms with E-state index in [2.05, 4.69) is 5.32 Å². The molecule has 3 aromatic rings. The molecule has 1 aromatic heterocycles. The summed E-state index contributed by atoms with van der Waals surface area (Å²) in [5, 5.41) is 2.92. The zero-order valence-corrected chi connectivity index (χ0v) is 19.3. The number of amides is 3. The normalized spacial score (nSPS) is 17.1. The van der Waals surface area contributed by atoms with Gasteiger partial charge in [-0.25, -0.2) is 0 Å². The lowest BCUT2D eigenvalue weighted by atomic mass is 9.93. The Hall–Kier alpha value is -4.07. The summed E-state index contributed by atoms with van der Waals surface area (Å²) in [5.74, 6) is 0.0184. The summed E-state index contributed by atoms with van der Waals surface area (Å²) in [6.45, 7) is 1.82. The van der Waals surface area contributed by atoms with Crippen molar-refractivity contribution >= 4 is 23.4 Å². The minimum atomic E-state index is -0.705. The Kier molecular flexibility index (Phi) is 6.52. The number of hydrogen-bond acceptors (Lipinski definition) is 5. The first-order valence-corrected chi connectivity index (χ1v) is 11.8. The van der Waals surface area contributed by atoms with E-state index in [1.807, 2.05) is 24.3 Å². The molecule has 0 radical (unpaired) electrons. The number of benzene rings is 2. The third-order valence-electron chi connectivity index (χ3n) is 6.47. The summed E-state index contributed by atoms with van der Waals surface area (Å²) < 4.78 is 11.0. The molecule has 1 saturated heterocycles. The molecular formula is C27H27N3O5.